The van der Waals surface area contributed by atoms with Crippen molar-refractivity contribution in [2.45, 2.75) is 109 Å². The number of alkyl carbamates (subject to hydrolysis) is 1. The van der Waals surface area contributed by atoms with E-state index in [-0.39, 0.29) is 53.6 Å². The number of aliphatic hydroxyl groups excluding tert-OH is 1. The van der Waals surface area contributed by atoms with Gasteiger partial charge in [0.25, 0.3) is 0 Å². The average Bonchev–Trinajstić information content (AvgIpc) is 3.08. The SMILES string of the molecule is CCC(CO)NC(=O)O[C@H]1CC[C@@]2(C)[C@H](CC[C@@H]3[C@@H]2CC[C@]2(C)[C@@H](OC(=O)OC)CC[C@]32N)C1.Cl. The van der Waals surface area contributed by atoms with Gasteiger partial charge < -0.3 is 30.4 Å². The van der Waals surface area contributed by atoms with E-state index in [0.29, 0.717) is 24.2 Å². The van der Waals surface area contributed by atoms with Crippen molar-refractivity contribution in [3.63, 3.8) is 0 Å². The summed E-state index contributed by atoms with van der Waals surface area (Å²) in [5, 5.41) is 12.1. The number of nitrogens with two attached hydrogens (primary N) is 1. The van der Waals surface area contributed by atoms with E-state index in [1.807, 2.05) is 6.92 Å². The standard InChI is InChI=1S/C26H44N2O6.ClH/c1-5-17(15-29)28-22(30)33-18-8-11-24(2)16(14-18)6-7-20-19(24)9-12-25(3)21(34-23(31)32-4)10-13-26(20,25)27;/h16-21,29H,5-15,27H2,1-4H3,(H,28,30);1H/t16-,17?,18+,19+,20-,21+,24+,25-,26+;/m1./s1. The van der Waals surface area contributed by atoms with Gasteiger partial charge in [0.05, 0.1) is 19.8 Å². The molecule has 4 aliphatic carbocycles. The van der Waals surface area contributed by atoms with Crippen molar-refractivity contribution in [3.8, 4) is 0 Å². The smallest absolute Gasteiger partial charge is 0.446 e. The van der Waals surface area contributed by atoms with Gasteiger partial charge in [0.2, 0.25) is 0 Å². The highest BCUT2D eigenvalue weighted by molar-refractivity contribution is 5.85. The van der Waals surface area contributed by atoms with Gasteiger partial charge in [-0.1, -0.05) is 20.8 Å². The van der Waals surface area contributed by atoms with Crippen LogP contribution >= 0.6 is 12.4 Å². The molecular weight excluding hydrogens is 472 g/mol. The number of methoxy groups -OCH3 is 1. The molecule has 4 saturated carbocycles. The Morgan fingerprint density at radius 1 is 1.06 bits per heavy atom. The minimum absolute atomic E-state index is 0. The van der Waals surface area contributed by atoms with Crippen LogP contribution in [0.4, 0.5) is 9.59 Å². The van der Waals surface area contributed by atoms with Gasteiger partial charge in [-0.15, -0.1) is 12.4 Å². The maximum atomic E-state index is 12.3. The summed E-state index contributed by atoms with van der Waals surface area (Å²) in [6.07, 6.45) is 8.05. The van der Waals surface area contributed by atoms with Crippen LogP contribution in [0.15, 0.2) is 0 Å². The van der Waals surface area contributed by atoms with Crippen molar-refractivity contribution in [2.24, 2.45) is 34.3 Å². The molecule has 0 saturated heterocycles. The molecule has 0 heterocycles. The first-order valence-corrected chi connectivity index (χ1v) is 13.2. The summed E-state index contributed by atoms with van der Waals surface area (Å²) >= 11 is 0. The Morgan fingerprint density at radius 3 is 2.46 bits per heavy atom. The van der Waals surface area contributed by atoms with Crippen LogP contribution in [0.1, 0.15) is 85.0 Å². The fraction of sp³-hybridized carbons (Fsp3) is 0.923. The van der Waals surface area contributed by atoms with E-state index in [4.69, 9.17) is 19.9 Å². The van der Waals surface area contributed by atoms with E-state index in [9.17, 15) is 14.7 Å². The van der Waals surface area contributed by atoms with Gasteiger partial charge in [-0.2, -0.15) is 0 Å². The molecule has 0 aromatic carbocycles. The highest BCUT2D eigenvalue weighted by atomic mass is 35.5. The van der Waals surface area contributed by atoms with E-state index < -0.39 is 12.2 Å². The Kier molecular flexibility index (Phi) is 8.60. The van der Waals surface area contributed by atoms with Gasteiger partial charge in [-0.25, -0.2) is 9.59 Å². The lowest BCUT2D eigenvalue weighted by Gasteiger charge is -2.64. The molecule has 4 fully saturated rings. The van der Waals surface area contributed by atoms with Gasteiger partial charge in [-0.05, 0) is 87.4 Å². The van der Waals surface area contributed by atoms with Gasteiger partial charge in [-0.3, -0.25) is 0 Å². The fourth-order valence-corrected chi connectivity index (χ4v) is 8.33. The molecular formula is C26H45ClN2O6. The molecule has 0 spiro atoms. The van der Waals surface area contributed by atoms with Gasteiger partial charge >= 0.3 is 12.2 Å². The normalized spacial score (nSPS) is 42.9. The zero-order valence-corrected chi connectivity index (χ0v) is 22.5. The van der Waals surface area contributed by atoms with Crippen LogP contribution in [-0.2, 0) is 14.2 Å². The van der Waals surface area contributed by atoms with Crippen LogP contribution < -0.4 is 11.1 Å². The number of ether oxygens (including phenoxy) is 3. The monoisotopic (exact) mass is 516 g/mol. The summed E-state index contributed by atoms with van der Waals surface area (Å²) in [6.45, 7) is 6.51. The number of fused-ring (bicyclic) bond motifs is 5. The second-order valence-electron chi connectivity index (χ2n) is 11.8. The molecule has 8 nitrogen and oxygen atoms in total. The summed E-state index contributed by atoms with van der Waals surface area (Å²) in [7, 11) is 1.35. The fourth-order valence-electron chi connectivity index (χ4n) is 8.33. The van der Waals surface area contributed by atoms with Crippen molar-refractivity contribution in [1.82, 2.24) is 5.32 Å². The molecule has 0 bridgehead atoms. The maximum Gasteiger partial charge on any atom is 0.508 e. The van der Waals surface area contributed by atoms with Gasteiger partial charge in [0.1, 0.15) is 12.2 Å². The number of aliphatic hydroxyl groups is 1. The lowest BCUT2D eigenvalue weighted by atomic mass is 9.43. The van der Waals surface area contributed by atoms with Crippen LogP contribution in [0.25, 0.3) is 0 Å². The van der Waals surface area contributed by atoms with Crippen molar-refractivity contribution in [1.29, 1.82) is 0 Å². The molecule has 35 heavy (non-hydrogen) atoms. The summed E-state index contributed by atoms with van der Waals surface area (Å²) < 4.78 is 16.2. The molecule has 0 radical (unpaired) electrons. The van der Waals surface area contributed by atoms with Crippen molar-refractivity contribution in [2.75, 3.05) is 13.7 Å². The van der Waals surface area contributed by atoms with Gasteiger partial charge in [0, 0.05) is 11.0 Å². The second-order valence-corrected chi connectivity index (χ2v) is 11.8. The quantitative estimate of drug-likeness (QED) is 0.458. The first kappa shape index (κ1) is 28.3. The number of amides is 1. The number of carbonyl (C=O) groups excluding carboxylic acids is 2. The minimum atomic E-state index is -0.611. The number of carbonyl (C=O) groups is 2. The molecule has 0 aromatic heterocycles. The molecule has 9 heteroatoms. The maximum absolute atomic E-state index is 12.3. The van der Waals surface area contributed by atoms with Crippen LogP contribution in [0.5, 0.6) is 0 Å². The molecule has 202 valence electrons. The summed E-state index contributed by atoms with van der Waals surface area (Å²) in [4.78, 5) is 24.2. The van der Waals surface area contributed by atoms with Crippen molar-refractivity contribution in [3.05, 3.63) is 0 Å². The summed E-state index contributed by atoms with van der Waals surface area (Å²) in [6, 6.07) is -0.257. The van der Waals surface area contributed by atoms with Gasteiger partial charge in [0.15, 0.2) is 0 Å². The van der Waals surface area contributed by atoms with E-state index >= 15 is 0 Å². The Labute approximate surface area is 215 Å². The first-order chi connectivity index (χ1) is 16.1. The van der Waals surface area contributed by atoms with E-state index in [1.165, 1.54) is 7.11 Å². The number of hydrogen-bond donors (Lipinski definition) is 3. The number of nitrogens with one attached hydrogen (secondary N) is 1. The van der Waals surface area contributed by atoms with Crippen LogP contribution in [-0.4, -0.2) is 54.9 Å². The number of hydrogen-bond acceptors (Lipinski definition) is 7. The highest BCUT2D eigenvalue weighted by Gasteiger charge is 2.67. The largest absolute Gasteiger partial charge is 0.508 e. The predicted octanol–water partition coefficient (Wildman–Crippen LogP) is 4.55. The van der Waals surface area contributed by atoms with Crippen molar-refractivity contribution >= 4 is 24.7 Å². The predicted molar refractivity (Wildman–Crippen MR) is 134 cm³/mol. The first-order valence-electron chi connectivity index (χ1n) is 13.2. The Morgan fingerprint density at radius 2 is 1.80 bits per heavy atom. The molecule has 1 unspecified atom stereocenters. The third-order valence-corrected chi connectivity index (χ3v) is 10.6. The molecule has 4 aliphatic rings. The average molecular weight is 517 g/mol. The zero-order chi connectivity index (χ0) is 24.7. The zero-order valence-electron chi connectivity index (χ0n) is 21.7. The highest BCUT2D eigenvalue weighted by Crippen LogP contribution is 2.67. The molecule has 0 aliphatic heterocycles. The summed E-state index contributed by atoms with van der Waals surface area (Å²) in [5.74, 6) is 1.46. The van der Waals surface area contributed by atoms with E-state index in [0.717, 1.165) is 57.8 Å². The lowest BCUT2D eigenvalue weighted by Crippen LogP contribution is -2.67. The Bertz CT molecular complexity index is 781. The molecule has 1 amide bonds. The number of halogens is 1. The lowest BCUT2D eigenvalue weighted by molar-refractivity contribution is -0.145. The third kappa shape index (κ3) is 4.75. The minimum Gasteiger partial charge on any atom is -0.446 e. The third-order valence-electron chi connectivity index (χ3n) is 10.6. The van der Waals surface area contributed by atoms with E-state index in [1.54, 1.807) is 0 Å². The second kappa shape index (κ2) is 10.6. The van der Waals surface area contributed by atoms with Crippen LogP contribution in [0, 0.1) is 28.6 Å². The van der Waals surface area contributed by atoms with Crippen LogP contribution in [0.2, 0.25) is 0 Å². The molecule has 4 rings (SSSR count). The number of rotatable bonds is 5. The Balaban J connectivity index is 0.00000342. The van der Waals surface area contributed by atoms with Crippen molar-refractivity contribution < 1.29 is 28.9 Å². The Hall–Kier alpha value is -1.25. The summed E-state index contributed by atoms with van der Waals surface area (Å²) in [5.41, 5.74) is 6.90. The molecule has 0 aromatic rings. The topological polar surface area (TPSA) is 120 Å². The van der Waals surface area contributed by atoms with Crippen LogP contribution in [0.3, 0.4) is 0 Å². The molecule has 9 atom stereocenters. The molecule has 4 N–H and O–H groups in total. The van der Waals surface area contributed by atoms with E-state index in [2.05, 4.69) is 19.2 Å².